The van der Waals surface area contributed by atoms with Crippen LogP contribution >= 0.6 is 72.7 Å². The van der Waals surface area contributed by atoms with E-state index in [1.807, 2.05) is 75.4 Å². The number of esters is 3. The third kappa shape index (κ3) is 29.0. The second-order valence-corrected chi connectivity index (χ2v) is 23.5. The number of benzene rings is 5. The SMILES string of the molecule is CCNC(=S)N/N=C/c1ccc(-c2ccc(C(=O)OC)cc2)o1.CCNC(=S)N/N=C/c1ccc(-c2ccc(Cl)cc2)o1.COC(=O)c1ccc(-c2ccc(/C=N/NC(=S)NN)o2)c(C)c1.COC(=O)c1ccc(-c2ccc(/C=N/NC(=S)NN)o2)cc1.NNC(=S)N/N=C/c1ccc(-c2ccc(C(=O)O)cc2)o1. The summed E-state index contributed by atoms with van der Waals surface area (Å²) in [5.41, 5.74) is 26.5. The van der Waals surface area contributed by atoms with Crippen LogP contribution < -0.4 is 71.6 Å². The van der Waals surface area contributed by atoms with Gasteiger partial charge in [-0.1, -0.05) is 54.1 Å². The third-order valence-corrected chi connectivity index (χ3v) is 15.0. The van der Waals surface area contributed by atoms with Crippen molar-refractivity contribution < 1.29 is 60.6 Å². The number of carboxylic acid groups (broad SMARTS) is 1. The monoisotopic (exact) mass is 1590 g/mol. The molecule has 566 valence electrons. The van der Waals surface area contributed by atoms with Gasteiger partial charge in [-0.25, -0.2) is 36.7 Å². The van der Waals surface area contributed by atoms with Crippen LogP contribution in [-0.2, 0) is 14.2 Å². The summed E-state index contributed by atoms with van der Waals surface area (Å²) < 4.78 is 42.2. The molecule has 0 amide bonds. The zero-order valence-corrected chi connectivity index (χ0v) is 63.6. The number of halogens is 1. The Labute approximate surface area is 656 Å². The van der Waals surface area contributed by atoms with Crippen molar-refractivity contribution >= 4 is 153 Å². The smallest absolute Gasteiger partial charge is 0.337 e. The van der Waals surface area contributed by atoms with E-state index in [0.717, 1.165) is 52.2 Å². The Hall–Kier alpha value is -12.7. The first-order valence-corrected chi connectivity index (χ1v) is 34.2. The van der Waals surface area contributed by atoms with Crippen LogP contribution in [0, 0.1) is 6.92 Å². The van der Waals surface area contributed by atoms with Gasteiger partial charge in [-0.05, 0) is 221 Å². The number of nitrogens with zero attached hydrogens (tertiary/aromatic N) is 5. The number of carbonyl (C=O) groups is 4. The molecule has 5 heterocycles. The summed E-state index contributed by atoms with van der Waals surface area (Å²) in [4.78, 5) is 45.1. The van der Waals surface area contributed by atoms with Gasteiger partial charge in [0.25, 0.3) is 0 Å². The summed E-state index contributed by atoms with van der Waals surface area (Å²) in [7, 11) is 4.04. The quantitative estimate of drug-likeness (QED) is 0.00793. The first-order valence-electron chi connectivity index (χ1n) is 31.8. The van der Waals surface area contributed by atoms with E-state index in [1.165, 1.54) is 58.3 Å². The largest absolute Gasteiger partial charge is 0.478 e. The molecule has 37 heteroatoms. The van der Waals surface area contributed by atoms with Crippen LogP contribution in [0.2, 0.25) is 5.02 Å². The Morgan fingerprint density at radius 3 is 0.945 bits per heavy atom. The molecule has 109 heavy (non-hydrogen) atoms. The van der Waals surface area contributed by atoms with Crippen molar-refractivity contribution in [1.82, 2.24) is 54.0 Å². The number of nitrogens with one attached hydrogen (secondary N) is 10. The summed E-state index contributed by atoms with van der Waals surface area (Å²) in [5.74, 6) is 19.4. The van der Waals surface area contributed by atoms with Crippen molar-refractivity contribution in [3.8, 4) is 56.6 Å². The van der Waals surface area contributed by atoms with Gasteiger partial charge in [0.05, 0.1) is 74.7 Å². The Balaban J connectivity index is 0.000000213. The molecule has 10 aromatic rings. The molecule has 0 spiro atoms. The highest BCUT2D eigenvalue weighted by molar-refractivity contribution is 7.81. The average molecular weight is 1590 g/mol. The molecule has 5 aromatic carbocycles. The lowest BCUT2D eigenvalue weighted by Crippen LogP contribution is -2.37. The van der Waals surface area contributed by atoms with Crippen molar-refractivity contribution in [2.75, 3.05) is 34.4 Å². The minimum Gasteiger partial charge on any atom is -0.478 e. The fraction of sp³-hybridized carbons (Fsp3) is 0.111. The molecule has 0 aliphatic heterocycles. The number of carboxylic acids is 1. The highest BCUT2D eigenvalue weighted by Gasteiger charge is 2.14. The molecule has 0 fully saturated rings. The van der Waals surface area contributed by atoms with Crippen molar-refractivity contribution in [3.05, 3.63) is 238 Å². The maximum Gasteiger partial charge on any atom is 0.337 e. The number of aryl methyl sites for hydroxylation is 1. The number of furan rings is 5. The number of methoxy groups -OCH3 is 3. The van der Waals surface area contributed by atoms with E-state index in [1.54, 1.807) is 115 Å². The normalized spacial score (nSPS) is 10.6. The number of rotatable bonds is 21. The topological polar surface area (TPSA) is 442 Å². The number of carbonyl (C=O) groups excluding carboxylic acids is 3. The number of aromatic carboxylic acids is 1. The lowest BCUT2D eigenvalue weighted by Gasteiger charge is -2.05. The molecule has 10 rings (SSSR count). The summed E-state index contributed by atoms with van der Waals surface area (Å²) in [6.45, 7) is 7.28. The second-order valence-electron chi connectivity index (χ2n) is 21.0. The van der Waals surface area contributed by atoms with Crippen LogP contribution in [0.3, 0.4) is 0 Å². The minimum absolute atomic E-state index is 0.183. The fourth-order valence-corrected chi connectivity index (χ4v) is 9.18. The van der Waals surface area contributed by atoms with E-state index in [2.05, 4.69) is 89.0 Å². The maximum atomic E-state index is 11.5. The highest BCUT2D eigenvalue weighted by Crippen LogP contribution is 2.29. The van der Waals surface area contributed by atoms with E-state index in [9.17, 15) is 19.2 Å². The predicted molar refractivity (Wildman–Crippen MR) is 437 cm³/mol. The van der Waals surface area contributed by atoms with E-state index < -0.39 is 5.97 Å². The summed E-state index contributed by atoms with van der Waals surface area (Å²) in [5, 5.41) is 36.4. The van der Waals surface area contributed by atoms with Crippen molar-refractivity contribution in [3.63, 3.8) is 0 Å². The molecule has 5 aromatic heterocycles. The Morgan fingerprint density at radius 2 is 0.661 bits per heavy atom. The van der Waals surface area contributed by atoms with Crippen LogP contribution in [-0.4, -0.2) is 120 Å². The number of thiocarbonyl (C=S) groups is 5. The Bertz CT molecular complexity index is 4850. The zero-order chi connectivity index (χ0) is 79.0. The molecule has 31 nitrogen and oxygen atoms in total. The Morgan fingerprint density at radius 1 is 0.394 bits per heavy atom. The first kappa shape index (κ1) is 85.3. The number of hydrogen-bond acceptors (Lipinski definition) is 25. The van der Waals surface area contributed by atoms with Crippen molar-refractivity contribution in [2.24, 2.45) is 43.0 Å². The first-order chi connectivity index (χ1) is 52.6. The number of nitrogens with two attached hydrogens (primary N) is 3. The lowest BCUT2D eigenvalue weighted by atomic mass is 10.0. The molecule has 0 saturated heterocycles. The number of hydrogen-bond donors (Lipinski definition) is 14. The highest BCUT2D eigenvalue weighted by atomic mass is 35.5. The molecule has 0 aliphatic carbocycles. The standard InChI is InChI=1S/C16H17N3O3S.C15H16N4O3S.C14H14ClN3OS.C14H14N4O3S.C13H12N4O3S/c1-3-17-16(23)19-18-10-13-8-9-14(22-13)11-4-6-12(7-5-11)15(20)21-2;1-9-7-10(14(20)21-2)3-5-12(9)13-6-4-11(22-13)8-17-19-15(23)18-16;1-2-16-14(20)18-17-9-12-7-8-13(19-12)10-3-5-11(15)6-4-10;1-20-13(19)10-4-2-9(3-5-10)12-7-6-11(21-12)8-16-18-14(22)17-15;14-16-13(21)17-15-7-10-5-6-11(20-10)8-1-3-9(4-2-8)12(18)19/h4-10H,3H2,1-2H3,(H2,17,19,23);3-8H,16H2,1-2H3,(H2,18,19,23);3-9H,2H2,1H3,(H2,16,18,20);2-8H,15H2,1H3,(H2,17,18,22);1-7H,14H2,(H,18,19)(H2,16,17,21)/b18-10+;17-8+;17-9+;16-8+;15-7+. The van der Waals surface area contributed by atoms with Gasteiger partial charge in [0.1, 0.15) is 57.6 Å². The van der Waals surface area contributed by atoms with Gasteiger partial charge in [-0.2, -0.15) is 25.5 Å². The molecular formula is C72H73ClN18O13S5. The van der Waals surface area contributed by atoms with Gasteiger partial charge in [0, 0.05) is 45.9 Å². The van der Waals surface area contributed by atoms with Gasteiger partial charge in [-0.15, -0.1) is 0 Å². The van der Waals surface area contributed by atoms with Gasteiger partial charge in [0.2, 0.25) is 15.3 Å². The summed E-state index contributed by atoms with van der Waals surface area (Å²) >= 11 is 30.1. The zero-order valence-electron chi connectivity index (χ0n) is 58.8. The summed E-state index contributed by atoms with van der Waals surface area (Å²) in [6.07, 6.45) is 7.50. The molecule has 0 radical (unpaired) electrons. The van der Waals surface area contributed by atoms with Crippen molar-refractivity contribution in [2.45, 2.75) is 20.8 Å². The molecule has 0 saturated carbocycles. The average Bonchev–Trinajstić information content (AvgIpc) is 1.80. The van der Waals surface area contributed by atoms with Gasteiger partial charge < -0.3 is 52.0 Å². The second kappa shape index (κ2) is 45.7. The van der Waals surface area contributed by atoms with E-state index in [0.29, 0.717) is 83.8 Å². The number of ether oxygens (including phenoxy) is 3. The fourth-order valence-electron chi connectivity index (χ4n) is 8.50. The van der Waals surface area contributed by atoms with Crippen LogP contribution in [0.5, 0.6) is 0 Å². The van der Waals surface area contributed by atoms with Crippen LogP contribution in [0.25, 0.3) is 56.6 Å². The summed E-state index contributed by atoms with van der Waals surface area (Å²) in [6, 6.07) is 50.9. The van der Waals surface area contributed by atoms with Crippen LogP contribution in [0.15, 0.2) is 224 Å². The molecule has 17 N–H and O–H groups in total. The third-order valence-electron chi connectivity index (χ3n) is 13.6. The van der Waals surface area contributed by atoms with Crippen LogP contribution in [0.4, 0.5) is 0 Å². The Kier molecular flexibility index (Phi) is 35.7. The lowest BCUT2D eigenvalue weighted by molar-refractivity contribution is 0.0592. The van der Waals surface area contributed by atoms with Gasteiger partial charge in [0.15, 0.2) is 10.2 Å². The molecule has 0 atom stereocenters. The van der Waals surface area contributed by atoms with Gasteiger partial charge in [-0.3, -0.25) is 43.4 Å². The molecular weight excluding hydrogens is 1520 g/mol. The van der Waals surface area contributed by atoms with Crippen molar-refractivity contribution in [1.29, 1.82) is 0 Å². The molecule has 0 bridgehead atoms. The van der Waals surface area contributed by atoms with E-state index in [4.69, 9.17) is 122 Å². The minimum atomic E-state index is -0.968. The van der Waals surface area contributed by atoms with Crippen LogP contribution in [0.1, 0.15) is 89.6 Å². The predicted octanol–water partition coefficient (Wildman–Crippen LogP) is 10.4. The molecule has 0 aliphatic rings. The van der Waals surface area contributed by atoms with E-state index in [-0.39, 0.29) is 38.8 Å². The van der Waals surface area contributed by atoms with E-state index >= 15 is 0 Å². The number of hydrazone groups is 5. The number of hydrazine groups is 3. The molecule has 0 unspecified atom stereocenters. The maximum absolute atomic E-state index is 11.5. The van der Waals surface area contributed by atoms with Gasteiger partial charge >= 0.3 is 23.9 Å².